The van der Waals surface area contributed by atoms with Gasteiger partial charge in [0, 0.05) is 17.6 Å². The number of carbonyl (C=O) groups is 1. The number of carbonyl (C=O) groups excluding carboxylic acids is 1. The van der Waals surface area contributed by atoms with Crippen LogP contribution in [0.2, 0.25) is 0 Å². The molecule has 3 nitrogen and oxygen atoms in total. The zero-order valence-electron chi connectivity index (χ0n) is 12.3. The Hall–Kier alpha value is -1.35. The number of amides is 1. The number of fused-ring (bicyclic) bond motifs is 3. The lowest BCUT2D eigenvalue weighted by atomic mass is 9.73. The van der Waals surface area contributed by atoms with Crippen LogP contribution in [0.25, 0.3) is 0 Å². The Bertz CT molecular complexity index is 484. The normalized spacial score (nSPS) is 25.6. The van der Waals surface area contributed by atoms with Gasteiger partial charge in [-0.15, -0.1) is 0 Å². The fourth-order valence-electron chi connectivity index (χ4n) is 4.17. The molecular formula is C17H24N2O. The average molecular weight is 272 g/mol. The van der Waals surface area contributed by atoms with Crippen LogP contribution in [0.1, 0.15) is 49.7 Å². The SMILES string of the molecule is CCCN1CCCC2c3c(cccc3NC=O)CCC21. The molecule has 2 aliphatic rings. The number of hydrogen-bond acceptors (Lipinski definition) is 2. The highest BCUT2D eigenvalue weighted by molar-refractivity contribution is 5.75. The van der Waals surface area contributed by atoms with E-state index in [2.05, 4.69) is 29.3 Å². The predicted octanol–water partition coefficient (Wildman–Crippen LogP) is 3.16. The second-order valence-electron chi connectivity index (χ2n) is 6.03. The Labute approximate surface area is 121 Å². The summed E-state index contributed by atoms with van der Waals surface area (Å²) in [5, 5.41) is 2.92. The first-order valence-corrected chi connectivity index (χ1v) is 7.91. The van der Waals surface area contributed by atoms with Gasteiger partial charge in [-0.3, -0.25) is 9.69 Å². The van der Waals surface area contributed by atoms with Gasteiger partial charge in [0.25, 0.3) is 0 Å². The molecule has 1 N–H and O–H groups in total. The van der Waals surface area contributed by atoms with Crippen molar-refractivity contribution in [3.8, 4) is 0 Å². The molecule has 1 amide bonds. The number of benzene rings is 1. The molecule has 3 rings (SSSR count). The third-order valence-electron chi connectivity index (χ3n) is 4.90. The molecular weight excluding hydrogens is 248 g/mol. The van der Waals surface area contributed by atoms with Crippen molar-refractivity contribution in [3.63, 3.8) is 0 Å². The molecule has 1 aromatic carbocycles. The average Bonchev–Trinajstić information content (AvgIpc) is 2.48. The number of nitrogens with zero attached hydrogens (tertiary/aromatic N) is 1. The number of rotatable bonds is 4. The van der Waals surface area contributed by atoms with Crippen molar-refractivity contribution >= 4 is 12.1 Å². The van der Waals surface area contributed by atoms with Gasteiger partial charge in [0.15, 0.2) is 0 Å². The minimum atomic E-state index is 0.600. The first-order chi connectivity index (χ1) is 9.85. The standard InChI is InChI=1S/C17H24N2O/c1-2-10-19-11-4-6-14-16(19)9-8-13-5-3-7-15(17(13)14)18-12-20/h3,5,7,12,14,16H,2,4,6,8-11H2,1H3,(H,18,20). The Morgan fingerprint density at radius 1 is 1.40 bits per heavy atom. The molecule has 0 bridgehead atoms. The third-order valence-corrected chi connectivity index (χ3v) is 4.90. The molecule has 1 aliphatic carbocycles. The molecule has 2 atom stereocenters. The largest absolute Gasteiger partial charge is 0.328 e. The quantitative estimate of drug-likeness (QED) is 0.854. The lowest BCUT2D eigenvalue weighted by Crippen LogP contribution is -2.46. The highest BCUT2D eigenvalue weighted by atomic mass is 16.1. The van der Waals surface area contributed by atoms with E-state index in [1.807, 2.05) is 6.07 Å². The number of anilines is 1. The van der Waals surface area contributed by atoms with Crippen LogP contribution in [0, 0.1) is 0 Å². The number of likely N-dealkylation sites (tertiary alicyclic amines) is 1. The molecule has 0 aromatic heterocycles. The van der Waals surface area contributed by atoms with Gasteiger partial charge in [-0.05, 0) is 62.4 Å². The molecule has 20 heavy (non-hydrogen) atoms. The number of piperidine rings is 1. The maximum absolute atomic E-state index is 10.9. The lowest BCUT2D eigenvalue weighted by Gasteiger charge is -2.45. The molecule has 0 radical (unpaired) electrons. The molecule has 1 aliphatic heterocycles. The first kappa shape index (κ1) is 13.6. The first-order valence-electron chi connectivity index (χ1n) is 7.91. The predicted molar refractivity (Wildman–Crippen MR) is 82.1 cm³/mol. The van der Waals surface area contributed by atoms with Gasteiger partial charge in [0.1, 0.15) is 0 Å². The van der Waals surface area contributed by atoms with E-state index >= 15 is 0 Å². The fraction of sp³-hybridized carbons (Fsp3) is 0.588. The van der Waals surface area contributed by atoms with Crippen LogP contribution >= 0.6 is 0 Å². The Balaban J connectivity index is 1.95. The summed E-state index contributed by atoms with van der Waals surface area (Å²) in [4.78, 5) is 13.5. The maximum Gasteiger partial charge on any atom is 0.211 e. The summed E-state index contributed by atoms with van der Waals surface area (Å²) in [6.45, 7) is 4.72. The van der Waals surface area contributed by atoms with Crippen molar-refractivity contribution in [3.05, 3.63) is 29.3 Å². The van der Waals surface area contributed by atoms with Gasteiger partial charge in [-0.2, -0.15) is 0 Å². The monoisotopic (exact) mass is 272 g/mol. The highest BCUT2D eigenvalue weighted by Gasteiger charge is 2.36. The van der Waals surface area contributed by atoms with Gasteiger partial charge in [-0.25, -0.2) is 0 Å². The summed E-state index contributed by atoms with van der Waals surface area (Å²) < 4.78 is 0. The molecule has 0 saturated carbocycles. The lowest BCUT2D eigenvalue weighted by molar-refractivity contribution is -0.105. The van der Waals surface area contributed by atoms with Crippen LogP contribution in [0.4, 0.5) is 5.69 Å². The zero-order chi connectivity index (χ0) is 13.9. The van der Waals surface area contributed by atoms with Crippen LogP contribution in [0.5, 0.6) is 0 Å². The molecule has 2 unspecified atom stereocenters. The fourth-order valence-corrected chi connectivity index (χ4v) is 4.17. The summed E-state index contributed by atoms with van der Waals surface area (Å²) in [6.07, 6.45) is 6.98. The van der Waals surface area contributed by atoms with E-state index in [-0.39, 0.29) is 0 Å². The van der Waals surface area contributed by atoms with E-state index in [1.165, 1.54) is 49.9 Å². The molecule has 0 spiro atoms. The van der Waals surface area contributed by atoms with Crippen molar-refractivity contribution in [2.45, 2.75) is 51.0 Å². The van der Waals surface area contributed by atoms with Crippen LogP contribution < -0.4 is 5.32 Å². The van der Waals surface area contributed by atoms with Gasteiger partial charge in [-0.1, -0.05) is 19.1 Å². The Kier molecular flexibility index (Phi) is 4.06. The van der Waals surface area contributed by atoms with Crippen molar-refractivity contribution < 1.29 is 4.79 Å². The van der Waals surface area contributed by atoms with Crippen molar-refractivity contribution in [2.24, 2.45) is 0 Å². The molecule has 3 heteroatoms. The number of hydrogen-bond donors (Lipinski definition) is 1. The van der Waals surface area contributed by atoms with Gasteiger partial charge >= 0.3 is 0 Å². The van der Waals surface area contributed by atoms with Crippen molar-refractivity contribution in [1.82, 2.24) is 4.90 Å². The summed E-state index contributed by atoms with van der Waals surface area (Å²) in [5.74, 6) is 0.600. The van der Waals surface area contributed by atoms with Gasteiger partial charge < -0.3 is 5.32 Å². The van der Waals surface area contributed by atoms with E-state index in [9.17, 15) is 4.79 Å². The highest BCUT2D eigenvalue weighted by Crippen LogP contribution is 2.43. The van der Waals surface area contributed by atoms with Gasteiger partial charge in [0.05, 0.1) is 0 Å². The molecule has 1 aromatic rings. The van der Waals surface area contributed by atoms with E-state index in [0.717, 1.165) is 18.5 Å². The van der Waals surface area contributed by atoms with E-state index in [4.69, 9.17) is 0 Å². The van der Waals surface area contributed by atoms with E-state index < -0.39 is 0 Å². The molecule has 108 valence electrons. The number of nitrogens with one attached hydrogen (secondary N) is 1. The second kappa shape index (κ2) is 5.96. The van der Waals surface area contributed by atoms with Crippen LogP contribution in [0.15, 0.2) is 18.2 Å². The van der Waals surface area contributed by atoms with Crippen LogP contribution in [0.3, 0.4) is 0 Å². The van der Waals surface area contributed by atoms with Crippen LogP contribution in [-0.4, -0.2) is 30.4 Å². The topological polar surface area (TPSA) is 32.3 Å². The Morgan fingerprint density at radius 2 is 2.30 bits per heavy atom. The van der Waals surface area contributed by atoms with Crippen molar-refractivity contribution in [1.29, 1.82) is 0 Å². The Morgan fingerprint density at radius 3 is 3.10 bits per heavy atom. The van der Waals surface area contributed by atoms with E-state index in [0.29, 0.717) is 12.0 Å². The number of aryl methyl sites for hydroxylation is 1. The summed E-state index contributed by atoms with van der Waals surface area (Å²) in [7, 11) is 0. The van der Waals surface area contributed by atoms with Crippen molar-refractivity contribution in [2.75, 3.05) is 18.4 Å². The maximum atomic E-state index is 10.9. The summed E-state index contributed by atoms with van der Waals surface area (Å²) in [5.41, 5.74) is 3.89. The van der Waals surface area contributed by atoms with Crippen LogP contribution in [-0.2, 0) is 11.2 Å². The minimum Gasteiger partial charge on any atom is -0.328 e. The second-order valence-corrected chi connectivity index (χ2v) is 6.03. The third kappa shape index (κ3) is 2.35. The summed E-state index contributed by atoms with van der Waals surface area (Å²) >= 11 is 0. The van der Waals surface area contributed by atoms with E-state index in [1.54, 1.807) is 0 Å². The minimum absolute atomic E-state index is 0.600. The molecule has 1 saturated heterocycles. The molecule has 1 heterocycles. The smallest absolute Gasteiger partial charge is 0.211 e. The molecule has 1 fully saturated rings. The summed E-state index contributed by atoms with van der Waals surface area (Å²) in [6, 6.07) is 7.03. The van der Waals surface area contributed by atoms with Gasteiger partial charge in [0.2, 0.25) is 6.41 Å². The zero-order valence-corrected chi connectivity index (χ0v) is 12.3.